The zero-order chi connectivity index (χ0) is 16.0. The Kier molecular flexibility index (Phi) is 7.11. The van der Waals surface area contributed by atoms with Crippen LogP contribution in [0.1, 0.15) is 33.6 Å². The molecule has 1 aliphatic rings. The van der Waals surface area contributed by atoms with E-state index in [1.807, 2.05) is 25.7 Å². The van der Waals surface area contributed by atoms with Crippen LogP contribution in [0.4, 0.5) is 0 Å². The minimum Gasteiger partial charge on any atom is -0.375 e. The molecular weight excluding hydrogens is 270 g/mol. The summed E-state index contributed by atoms with van der Waals surface area (Å²) in [5.74, 6) is 0.270. The molecule has 1 heterocycles. The fourth-order valence-electron chi connectivity index (χ4n) is 2.70. The molecule has 2 amide bonds. The molecule has 1 fully saturated rings. The van der Waals surface area contributed by atoms with Crippen molar-refractivity contribution >= 4 is 11.8 Å². The van der Waals surface area contributed by atoms with Gasteiger partial charge in [0.05, 0.1) is 0 Å². The molecule has 0 spiro atoms. The van der Waals surface area contributed by atoms with E-state index in [4.69, 9.17) is 10.5 Å². The van der Waals surface area contributed by atoms with E-state index in [0.29, 0.717) is 19.0 Å². The molecule has 3 N–H and O–H groups in total. The van der Waals surface area contributed by atoms with Crippen molar-refractivity contribution in [2.45, 2.75) is 45.7 Å². The number of nitrogens with zero attached hydrogens (tertiary/aromatic N) is 1. The number of piperidine rings is 1. The van der Waals surface area contributed by atoms with Crippen molar-refractivity contribution in [1.82, 2.24) is 10.2 Å². The van der Waals surface area contributed by atoms with Crippen molar-refractivity contribution in [2.75, 3.05) is 26.8 Å². The van der Waals surface area contributed by atoms with Gasteiger partial charge < -0.3 is 20.7 Å². The van der Waals surface area contributed by atoms with Crippen molar-refractivity contribution < 1.29 is 14.3 Å². The van der Waals surface area contributed by atoms with Crippen LogP contribution in [-0.2, 0) is 14.3 Å². The smallest absolute Gasteiger partial charge is 0.246 e. The van der Waals surface area contributed by atoms with E-state index in [0.717, 1.165) is 12.8 Å². The molecule has 2 atom stereocenters. The number of ether oxygens (including phenoxy) is 1. The van der Waals surface area contributed by atoms with E-state index in [9.17, 15) is 9.59 Å². The second-order valence-corrected chi connectivity index (χ2v) is 6.24. The minimum absolute atomic E-state index is 0.00224. The van der Waals surface area contributed by atoms with E-state index in [1.54, 1.807) is 0 Å². The molecule has 6 heteroatoms. The van der Waals surface area contributed by atoms with Gasteiger partial charge in [0.1, 0.15) is 12.6 Å². The number of methoxy groups -OCH3 is 1. The first-order chi connectivity index (χ1) is 9.86. The first-order valence-corrected chi connectivity index (χ1v) is 7.69. The number of rotatable bonds is 6. The number of nitrogens with two attached hydrogens (primary N) is 1. The number of nitrogens with one attached hydrogen (secondary N) is 1. The third-order valence-electron chi connectivity index (χ3n) is 4.12. The lowest BCUT2D eigenvalue weighted by Gasteiger charge is -2.36. The summed E-state index contributed by atoms with van der Waals surface area (Å²) < 4.78 is 4.80. The predicted molar refractivity (Wildman–Crippen MR) is 81.6 cm³/mol. The Hall–Kier alpha value is -1.14. The monoisotopic (exact) mass is 299 g/mol. The maximum Gasteiger partial charge on any atom is 0.246 e. The van der Waals surface area contributed by atoms with Gasteiger partial charge in [0.15, 0.2) is 0 Å². The molecule has 6 nitrogen and oxygen atoms in total. The third-order valence-corrected chi connectivity index (χ3v) is 4.12. The van der Waals surface area contributed by atoms with Gasteiger partial charge in [0.2, 0.25) is 11.8 Å². The first-order valence-electron chi connectivity index (χ1n) is 7.69. The van der Waals surface area contributed by atoms with Crippen LogP contribution in [0.5, 0.6) is 0 Å². The van der Waals surface area contributed by atoms with Gasteiger partial charge in [-0.3, -0.25) is 9.59 Å². The summed E-state index contributed by atoms with van der Waals surface area (Å²) in [4.78, 5) is 26.1. The van der Waals surface area contributed by atoms with Gasteiger partial charge in [0.25, 0.3) is 0 Å². The van der Waals surface area contributed by atoms with Crippen LogP contribution in [0.15, 0.2) is 0 Å². The number of hydrogen-bond donors (Lipinski definition) is 2. The molecule has 21 heavy (non-hydrogen) atoms. The second-order valence-electron chi connectivity index (χ2n) is 6.24. The molecule has 0 radical (unpaired) electrons. The van der Waals surface area contributed by atoms with Gasteiger partial charge in [-0.2, -0.15) is 0 Å². The van der Waals surface area contributed by atoms with E-state index >= 15 is 0 Å². The van der Waals surface area contributed by atoms with Gasteiger partial charge in [0, 0.05) is 26.2 Å². The lowest BCUT2D eigenvalue weighted by Crippen LogP contribution is -2.54. The number of hydrogen-bond acceptors (Lipinski definition) is 4. The van der Waals surface area contributed by atoms with Crippen LogP contribution in [0, 0.1) is 11.8 Å². The molecule has 1 unspecified atom stereocenters. The van der Waals surface area contributed by atoms with Crippen LogP contribution >= 0.6 is 0 Å². The molecule has 122 valence electrons. The Morgan fingerprint density at radius 1 is 1.29 bits per heavy atom. The standard InChI is InChI=1S/C15H29N3O3/c1-10(2)14(17-13(19)9-21-4)15(20)18-7-5-12(6-8-18)11(3)16/h10-12,14H,5-9,16H2,1-4H3,(H,17,19)/t11?,14-/m0/s1. The van der Waals surface area contributed by atoms with E-state index in [2.05, 4.69) is 5.32 Å². The highest BCUT2D eigenvalue weighted by Crippen LogP contribution is 2.21. The Labute approximate surface area is 127 Å². The van der Waals surface area contributed by atoms with Crippen molar-refractivity contribution in [3.05, 3.63) is 0 Å². The summed E-state index contributed by atoms with van der Waals surface area (Å²) in [5, 5.41) is 2.77. The normalized spacial score (nSPS) is 19.4. The quantitative estimate of drug-likeness (QED) is 0.741. The van der Waals surface area contributed by atoms with Crippen LogP contribution in [0.25, 0.3) is 0 Å². The second kappa shape index (κ2) is 8.34. The average Bonchev–Trinajstić information content (AvgIpc) is 2.44. The minimum atomic E-state index is -0.487. The Morgan fingerprint density at radius 3 is 2.29 bits per heavy atom. The SMILES string of the molecule is COCC(=O)N[C@H](C(=O)N1CCC(C(C)N)CC1)C(C)C. The average molecular weight is 299 g/mol. The summed E-state index contributed by atoms with van der Waals surface area (Å²) >= 11 is 0. The first kappa shape index (κ1) is 17.9. The van der Waals surface area contributed by atoms with E-state index in [-0.39, 0.29) is 30.4 Å². The number of likely N-dealkylation sites (tertiary alicyclic amines) is 1. The number of carbonyl (C=O) groups is 2. The molecule has 0 aromatic heterocycles. The summed E-state index contributed by atoms with van der Waals surface area (Å²) in [6.07, 6.45) is 1.86. The molecular formula is C15H29N3O3. The Balaban J connectivity index is 2.59. The maximum absolute atomic E-state index is 12.6. The van der Waals surface area contributed by atoms with Gasteiger partial charge >= 0.3 is 0 Å². The Bertz CT molecular complexity index is 350. The molecule has 0 aliphatic carbocycles. The largest absolute Gasteiger partial charge is 0.375 e. The highest BCUT2D eigenvalue weighted by Gasteiger charge is 2.31. The number of amides is 2. The third kappa shape index (κ3) is 5.28. The summed E-state index contributed by atoms with van der Waals surface area (Å²) in [6.45, 7) is 7.30. The maximum atomic E-state index is 12.6. The molecule has 0 bridgehead atoms. The van der Waals surface area contributed by atoms with Crippen molar-refractivity contribution in [1.29, 1.82) is 0 Å². The van der Waals surface area contributed by atoms with Gasteiger partial charge in [-0.25, -0.2) is 0 Å². The Morgan fingerprint density at radius 2 is 1.86 bits per heavy atom. The predicted octanol–water partition coefficient (Wildman–Crippen LogP) is 0.359. The van der Waals surface area contributed by atoms with Crippen LogP contribution in [0.2, 0.25) is 0 Å². The summed E-state index contributed by atoms with van der Waals surface area (Å²) in [6, 6.07) is -0.316. The molecule has 0 saturated carbocycles. The fraction of sp³-hybridized carbons (Fsp3) is 0.867. The molecule has 0 aromatic carbocycles. The zero-order valence-electron chi connectivity index (χ0n) is 13.6. The fourth-order valence-corrected chi connectivity index (χ4v) is 2.70. The van der Waals surface area contributed by atoms with E-state index < -0.39 is 6.04 Å². The topological polar surface area (TPSA) is 84.7 Å². The van der Waals surface area contributed by atoms with Gasteiger partial charge in [-0.05, 0) is 31.6 Å². The van der Waals surface area contributed by atoms with Crippen LogP contribution in [-0.4, -0.2) is 55.6 Å². The molecule has 1 aliphatic heterocycles. The summed E-state index contributed by atoms with van der Waals surface area (Å²) in [5.41, 5.74) is 5.92. The lowest BCUT2D eigenvalue weighted by molar-refractivity contribution is -0.139. The zero-order valence-corrected chi connectivity index (χ0v) is 13.6. The molecule has 0 aromatic rings. The highest BCUT2D eigenvalue weighted by atomic mass is 16.5. The number of carbonyl (C=O) groups excluding carboxylic acids is 2. The molecule has 1 saturated heterocycles. The lowest BCUT2D eigenvalue weighted by atomic mass is 9.90. The van der Waals surface area contributed by atoms with Crippen molar-refractivity contribution in [3.63, 3.8) is 0 Å². The summed E-state index contributed by atoms with van der Waals surface area (Å²) in [7, 11) is 1.46. The van der Waals surface area contributed by atoms with Gasteiger partial charge in [-0.15, -0.1) is 0 Å². The highest BCUT2D eigenvalue weighted by molar-refractivity contribution is 5.88. The van der Waals surface area contributed by atoms with Crippen molar-refractivity contribution in [3.8, 4) is 0 Å². The van der Waals surface area contributed by atoms with Crippen LogP contribution in [0.3, 0.4) is 0 Å². The van der Waals surface area contributed by atoms with Crippen LogP contribution < -0.4 is 11.1 Å². The van der Waals surface area contributed by atoms with E-state index in [1.165, 1.54) is 7.11 Å². The molecule has 1 rings (SSSR count). The van der Waals surface area contributed by atoms with Crippen molar-refractivity contribution in [2.24, 2.45) is 17.6 Å². The van der Waals surface area contributed by atoms with Gasteiger partial charge in [-0.1, -0.05) is 13.8 Å².